The zero-order valence-corrected chi connectivity index (χ0v) is 18.9. The van der Waals surface area contributed by atoms with Crippen molar-refractivity contribution >= 4 is 33.2 Å². The highest BCUT2D eigenvalue weighted by Crippen LogP contribution is 2.23. The first-order valence-electron chi connectivity index (χ1n) is 10.1. The number of pyridine rings is 1. The molecule has 9 heteroatoms. The lowest BCUT2D eigenvalue weighted by atomic mass is 10.1. The highest BCUT2D eigenvalue weighted by atomic mass is 32.2. The summed E-state index contributed by atoms with van der Waals surface area (Å²) in [5, 5.41) is 5.59. The number of hydrogen-bond donors (Lipinski definition) is 3. The van der Waals surface area contributed by atoms with Crippen molar-refractivity contribution in [3.63, 3.8) is 0 Å². The minimum Gasteiger partial charge on any atom is -0.322 e. The van der Waals surface area contributed by atoms with Crippen LogP contribution in [-0.4, -0.2) is 31.8 Å². The minimum absolute atomic E-state index is 0.160. The van der Waals surface area contributed by atoms with Gasteiger partial charge in [0.2, 0.25) is 10.0 Å². The molecule has 0 atom stereocenters. The van der Waals surface area contributed by atoms with E-state index >= 15 is 0 Å². The Balaban J connectivity index is 1.73. The minimum atomic E-state index is -3.47. The maximum Gasteiger partial charge on any atom is 0.257 e. The van der Waals surface area contributed by atoms with Crippen molar-refractivity contribution in [2.75, 3.05) is 17.2 Å². The topological polar surface area (TPSA) is 117 Å². The van der Waals surface area contributed by atoms with Gasteiger partial charge in [-0.3, -0.25) is 14.6 Å². The maximum atomic E-state index is 12.9. The van der Waals surface area contributed by atoms with Crippen LogP contribution in [0.5, 0.6) is 0 Å². The molecule has 1 heterocycles. The van der Waals surface area contributed by atoms with Crippen LogP contribution in [0.4, 0.5) is 11.4 Å². The summed E-state index contributed by atoms with van der Waals surface area (Å²) in [7, 11) is -3.47. The Morgan fingerprint density at radius 2 is 1.67 bits per heavy atom. The number of para-hydroxylation sites is 1. The van der Waals surface area contributed by atoms with E-state index < -0.39 is 15.9 Å². The third kappa shape index (κ3) is 6.58. The molecule has 0 radical (unpaired) electrons. The van der Waals surface area contributed by atoms with E-state index in [1.165, 1.54) is 18.5 Å². The van der Waals surface area contributed by atoms with Gasteiger partial charge >= 0.3 is 0 Å². The van der Waals surface area contributed by atoms with Crippen LogP contribution in [0.2, 0.25) is 0 Å². The quantitative estimate of drug-likeness (QED) is 0.419. The first-order chi connectivity index (χ1) is 15.8. The monoisotopic (exact) mass is 464 g/mol. The number of anilines is 2. The Hall–Kier alpha value is -3.82. The van der Waals surface area contributed by atoms with E-state index in [4.69, 9.17) is 0 Å². The summed E-state index contributed by atoms with van der Waals surface area (Å²) in [4.78, 5) is 29.4. The number of amides is 2. The van der Waals surface area contributed by atoms with Crippen molar-refractivity contribution in [2.45, 2.75) is 12.7 Å². The Bertz CT molecular complexity index is 1260. The van der Waals surface area contributed by atoms with Gasteiger partial charge in [0, 0.05) is 30.2 Å². The molecule has 0 aliphatic carbocycles. The van der Waals surface area contributed by atoms with E-state index in [1.807, 2.05) is 0 Å². The zero-order chi connectivity index (χ0) is 23.8. The number of aryl methyl sites for hydroxylation is 1. The van der Waals surface area contributed by atoms with Gasteiger partial charge in [0.05, 0.1) is 17.0 Å². The number of hydrogen-bond acceptors (Lipinski definition) is 5. The molecule has 2 aromatic carbocycles. The van der Waals surface area contributed by atoms with Crippen LogP contribution in [0.25, 0.3) is 0 Å². The van der Waals surface area contributed by atoms with E-state index in [1.54, 1.807) is 61.5 Å². The van der Waals surface area contributed by atoms with E-state index in [0.717, 1.165) is 5.56 Å². The van der Waals surface area contributed by atoms with Gasteiger partial charge < -0.3 is 10.6 Å². The molecule has 8 nitrogen and oxygen atoms in total. The summed E-state index contributed by atoms with van der Waals surface area (Å²) >= 11 is 0. The van der Waals surface area contributed by atoms with Crippen LogP contribution in [0.1, 0.15) is 31.8 Å². The summed E-state index contributed by atoms with van der Waals surface area (Å²) in [5.74, 6) is -0.939. The molecule has 0 saturated carbocycles. The number of nitrogens with one attached hydrogen (secondary N) is 3. The van der Waals surface area contributed by atoms with E-state index in [2.05, 4.69) is 26.9 Å². The molecule has 1 aromatic heterocycles. The average Bonchev–Trinajstić information content (AvgIpc) is 2.80. The Morgan fingerprint density at radius 1 is 0.970 bits per heavy atom. The van der Waals surface area contributed by atoms with Gasteiger partial charge in [-0.15, -0.1) is 6.58 Å². The van der Waals surface area contributed by atoms with Crippen LogP contribution in [0, 0.1) is 6.92 Å². The van der Waals surface area contributed by atoms with Gasteiger partial charge in [-0.1, -0.05) is 30.3 Å². The lowest BCUT2D eigenvalue weighted by molar-refractivity contribution is 0.102. The van der Waals surface area contributed by atoms with Crippen LogP contribution in [0.3, 0.4) is 0 Å². The first kappa shape index (κ1) is 23.8. The van der Waals surface area contributed by atoms with Crippen LogP contribution in [0.15, 0.2) is 79.6 Å². The molecule has 2 amide bonds. The van der Waals surface area contributed by atoms with Crippen molar-refractivity contribution in [3.05, 3.63) is 102 Å². The molecule has 3 aromatic rings. The van der Waals surface area contributed by atoms with Crippen LogP contribution < -0.4 is 15.4 Å². The van der Waals surface area contributed by atoms with Crippen molar-refractivity contribution in [3.8, 4) is 0 Å². The summed E-state index contributed by atoms with van der Waals surface area (Å²) in [6.07, 6.45) is 4.50. The number of carbonyl (C=O) groups is 2. The van der Waals surface area contributed by atoms with Gasteiger partial charge in [0.1, 0.15) is 0 Å². The van der Waals surface area contributed by atoms with Crippen molar-refractivity contribution in [1.82, 2.24) is 9.71 Å². The maximum absolute atomic E-state index is 12.9. The Morgan fingerprint density at radius 3 is 2.33 bits per heavy atom. The summed E-state index contributed by atoms with van der Waals surface area (Å²) in [5.41, 5.74) is 2.94. The van der Waals surface area contributed by atoms with E-state index in [9.17, 15) is 18.0 Å². The van der Waals surface area contributed by atoms with E-state index in [0.29, 0.717) is 28.1 Å². The number of aromatic nitrogens is 1. The van der Waals surface area contributed by atoms with Gasteiger partial charge in [0.25, 0.3) is 11.8 Å². The SMILES string of the molecule is C=CCNS(=O)(=O)Cc1ccc(NC(=O)c2cccc(C)c2NC(=O)c2ccncc2)cc1. The van der Waals surface area contributed by atoms with Gasteiger partial charge in [-0.2, -0.15) is 0 Å². The summed E-state index contributed by atoms with van der Waals surface area (Å²) in [6, 6.07) is 14.8. The Kier molecular flexibility index (Phi) is 7.70. The predicted octanol–water partition coefficient (Wildman–Crippen LogP) is 3.50. The number of rotatable bonds is 9. The fourth-order valence-corrected chi connectivity index (χ4v) is 4.16. The molecule has 0 aliphatic rings. The number of sulfonamides is 1. The second-order valence-electron chi connectivity index (χ2n) is 7.23. The molecule has 0 fully saturated rings. The number of carbonyl (C=O) groups excluding carboxylic acids is 2. The van der Waals surface area contributed by atoms with Crippen molar-refractivity contribution in [1.29, 1.82) is 0 Å². The van der Waals surface area contributed by atoms with Crippen LogP contribution in [-0.2, 0) is 15.8 Å². The van der Waals surface area contributed by atoms with Gasteiger partial charge in [0.15, 0.2) is 0 Å². The highest BCUT2D eigenvalue weighted by Gasteiger charge is 2.17. The van der Waals surface area contributed by atoms with Crippen molar-refractivity contribution < 1.29 is 18.0 Å². The number of benzene rings is 2. The zero-order valence-electron chi connectivity index (χ0n) is 18.0. The molecule has 170 valence electrons. The fourth-order valence-electron chi connectivity index (χ4n) is 3.05. The fraction of sp³-hybridized carbons (Fsp3) is 0.125. The Labute approximate surface area is 192 Å². The molecule has 0 unspecified atom stereocenters. The van der Waals surface area contributed by atoms with E-state index in [-0.39, 0.29) is 18.2 Å². The normalized spacial score (nSPS) is 10.9. The highest BCUT2D eigenvalue weighted by molar-refractivity contribution is 7.88. The third-order valence-electron chi connectivity index (χ3n) is 4.71. The lowest BCUT2D eigenvalue weighted by Crippen LogP contribution is -2.25. The molecule has 0 aliphatic heterocycles. The molecule has 3 rings (SSSR count). The predicted molar refractivity (Wildman–Crippen MR) is 129 cm³/mol. The van der Waals surface area contributed by atoms with Gasteiger partial charge in [-0.25, -0.2) is 13.1 Å². The molecule has 0 bridgehead atoms. The lowest BCUT2D eigenvalue weighted by Gasteiger charge is -2.14. The summed E-state index contributed by atoms with van der Waals surface area (Å²) in [6.45, 7) is 5.44. The molecule has 0 saturated heterocycles. The standard InChI is InChI=1S/C24H24N4O4S/c1-3-13-26-33(31,32)16-18-7-9-20(10-8-18)27-24(30)21-6-4-5-17(2)22(21)28-23(29)19-11-14-25-15-12-19/h3-12,14-15,26H,1,13,16H2,2H3,(H,27,30)(H,28,29). The van der Waals surface area contributed by atoms with Gasteiger partial charge in [-0.05, 0) is 48.4 Å². The smallest absolute Gasteiger partial charge is 0.257 e. The van der Waals surface area contributed by atoms with Crippen LogP contribution >= 0.6 is 0 Å². The molecular formula is C24H24N4O4S. The average molecular weight is 465 g/mol. The molecule has 3 N–H and O–H groups in total. The second kappa shape index (κ2) is 10.7. The second-order valence-corrected chi connectivity index (χ2v) is 9.04. The largest absolute Gasteiger partial charge is 0.322 e. The third-order valence-corrected chi connectivity index (χ3v) is 6.03. The van der Waals surface area contributed by atoms with Crippen molar-refractivity contribution in [2.24, 2.45) is 0 Å². The molecule has 33 heavy (non-hydrogen) atoms. The molecule has 0 spiro atoms. The summed E-state index contributed by atoms with van der Waals surface area (Å²) < 4.78 is 26.4. The number of nitrogens with zero attached hydrogens (tertiary/aromatic N) is 1. The first-order valence-corrected chi connectivity index (χ1v) is 11.7. The molecular weight excluding hydrogens is 440 g/mol.